The van der Waals surface area contributed by atoms with Crippen molar-refractivity contribution in [2.75, 3.05) is 48.0 Å². The quantitative estimate of drug-likeness (QED) is 0.262. The Morgan fingerprint density at radius 3 is 2.47 bits per heavy atom. The summed E-state index contributed by atoms with van der Waals surface area (Å²) in [5.74, 6) is 1.21. The van der Waals surface area contributed by atoms with Gasteiger partial charge in [-0.1, -0.05) is 12.1 Å². The Balaban J connectivity index is 1.35. The summed E-state index contributed by atoms with van der Waals surface area (Å²) in [6.07, 6.45) is 5.47. The maximum Gasteiger partial charge on any atom is 0.255 e. The number of methoxy groups -OCH3 is 3. The van der Waals surface area contributed by atoms with Gasteiger partial charge in [-0.25, -0.2) is 0 Å². The molecule has 2 aliphatic heterocycles. The van der Waals surface area contributed by atoms with Crippen molar-refractivity contribution < 1.29 is 28.6 Å². The number of likely N-dealkylation sites (tertiary alicyclic amines) is 1. The highest BCUT2D eigenvalue weighted by atomic mass is 16.5. The number of unbranched alkanes of at least 4 members (excludes halogenated alkanes) is 1. The van der Waals surface area contributed by atoms with Gasteiger partial charge in [-0.05, 0) is 87.5 Å². The van der Waals surface area contributed by atoms with Crippen LogP contribution < -0.4 is 19.5 Å². The molecule has 2 heterocycles. The molecule has 0 aromatic heterocycles. The monoisotopic (exact) mass is 590 g/mol. The van der Waals surface area contributed by atoms with Crippen LogP contribution >= 0.6 is 0 Å². The Hall–Kier alpha value is -4.10. The molecule has 1 fully saturated rings. The average Bonchev–Trinajstić information content (AvgIpc) is 3.38. The molecule has 0 aliphatic carbocycles. The Morgan fingerprint density at radius 1 is 1.09 bits per heavy atom. The fourth-order valence-electron chi connectivity index (χ4n) is 6.45. The fraction of sp³-hybridized carbons (Fsp3) is 0.515. The first-order valence-electron chi connectivity index (χ1n) is 14.9. The van der Waals surface area contributed by atoms with E-state index in [1.807, 2.05) is 24.3 Å². The van der Waals surface area contributed by atoms with Crippen molar-refractivity contribution in [3.05, 3.63) is 52.6 Å². The molecule has 1 unspecified atom stereocenters. The van der Waals surface area contributed by atoms with Gasteiger partial charge in [0.25, 0.3) is 5.91 Å². The number of amides is 2. The largest absolute Gasteiger partial charge is 0.493 e. The number of aldehydes is 1. The van der Waals surface area contributed by atoms with Crippen LogP contribution in [0.3, 0.4) is 0 Å². The number of aryl methyl sites for hydroxylation is 1. The highest BCUT2D eigenvalue weighted by molar-refractivity contribution is 6.01. The predicted octanol–water partition coefficient (Wildman–Crippen LogP) is 3.64. The first kappa shape index (κ1) is 31.8. The lowest BCUT2D eigenvalue weighted by Crippen LogP contribution is -2.46. The number of rotatable bonds is 14. The molecule has 2 aromatic rings. The maximum atomic E-state index is 13.2. The van der Waals surface area contributed by atoms with E-state index in [9.17, 15) is 19.6 Å². The van der Waals surface area contributed by atoms with Crippen LogP contribution in [0.1, 0.15) is 65.6 Å². The zero-order valence-corrected chi connectivity index (χ0v) is 25.6. The first-order valence-corrected chi connectivity index (χ1v) is 14.9. The van der Waals surface area contributed by atoms with Crippen molar-refractivity contribution in [1.82, 2.24) is 15.1 Å². The van der Waals surface area contributed by atoms with Crippen LogP contribution in [0.4, 0.5) is 0 Å². The molecule has 4 rings (SSSR count). The molecule has 10 heteroatoms. The van der Waals surface area contributed by atoms with Crippen molar-refractivity contribution in [3.8, 4) is 23.3 Å². The van der Waals surface area contributed by atoms with Crippen molar-refractivity contribution >= 4 is 18.1 Å². The number of hydrogen-bond acceptors (Lipinski definition) is 8. The van der Waals surface area contributed by atoms with E-state index in [0.29, 0.717) is 48.6 Å². The van der Waals surface area contributed by atoms with Crippen molar-refractivity contribution in [2.24, 2.45) is 0 Å². The number of nitriles is 1. The van der Waals surface area contributed by atoms with Gasteiger partial charge in [0.1, 0.15) is 12.3 Å². The highest BCUT2D eigenvalue weighted by Crippen LogP contribution is 2.47. The molecule has 1 N–H and O–H groups in total. The molecule has 1 atom stereocenters. The molecule has 0 spiro atoms. The molecule has 2 aliphatic rings. The number of hydrogen-bond donors (Lipinski definition) is 1. The molecule has 10 nitrogen and oxygen atoms in total. The number of carbonyl (C=O) groups excluding carboxylic acids is 3. The molecule has 0 bridgehead atoms. The van der Waals surface area contributed by atoms with Crippen LogP contribution in [0.15, 0.2) is 30.3 Å². The van der Waals surface area contributed by atoms with Gasteiger partial charge >= 0.3 is 0 Å². The van der Waals surface area contributed by atoms with E-state index in [1.54, 1.807) is 33.3 Å². The van der Waals surface area contributed by atoms with Gasteiger partial charge in [0.05, 0.1) is 32.8 Å². The van der Waals surface area contributed by atoms with Crippen LogP contribution in [0.2, 0.25) is 0 Å². The third-order valence-electron chi connectivity index (χ3n) is 8.89. The number of ether oxygens (including phenoxy) is 3. The summed E-state index contributed by atoms with van der Waals surface area (Å²) in [6.45, 7) is 2.91. The fourth-order valence-corrected chi connectivity index (χ4v) is 6.45. The lowest BCUT2D eigenvalue weighted by atomic mass is 9.73. The van der Waals surface area contributed by atoms with Crippen LogP contribution in [0.5, 0.6) is 17.2 Å². The second kappa shape index (κ2) is 14.4. The Bertz CT molecular complexity index is 1360. The predicted molar refractivity (Wildman–Crippen MR) is 161 cm³/mol. The topological polar surface area (TPSA) is 121 Å². The first-order chi connectivity index (χ1) is 20.9. The third-order valence-corrected chi connectivity index (χ3v) is 8.89. The maximum absolute atomic E-state index is 13.2. The zero-order chi connectivity index (χ0) is 31.0. The number of piperidine rings is 1. The number of likely N-dealkylation sites (N-methyl/N-ethyl adjacent to an activating group) is 1. The van der Waals surface area contributed by atoms with Crippen LogP contribution in [0.25, 0.3) is 0 Å². The minimum atomic E-state index is -0.665. The Kier molecular flexibility index (Phi) is 10.6. The number of nitrogens with one attached hydrogen (secondary N) is 1. The van der Waals surface area contributed by atoms with E-state index in [-0.39, 0.29) is 18.2 Å². The molecule has 1 saturated heterocycles. The summed E-state index contributed by atoms with van der Waals surface area (Å²) in [7, 11) is 6.28. The van der Waals surface area contributed by atoms with Crippen molar-refractivity contribution in [3.63, 3.8) is 0 Å². The zero-order valence-electron chi connectivity index (χ0n) is 25.6. The molecule has 2 aromatic carbocycles. The van der Waals surface area contributed by atoms with E-state index < -0.39 is 11.5 Å². The Morgan fingerprint density at radius 2 is 1.84 bits per heavy atom. The lowest BCUT2D eigenvalue weighted by Gasteiger charge is -2.38. The summed E-state index contributed by atoms with van der Waals surface area (Å²) < 4.78 is 16.7. The molecular formula is C33H42N4O6. The normalized spacial score (nSPS) is 16.6. The molecule has 2 amide bonds. The van der Waals surface area contributed by atoms with Gasteiger partial charge in [-0.2, -0.15) is 5.26 Å². The van der Waals surface area contributed by atoms with Crippen LogP contribution in [-0.2, 0) is 28.0 Å². The summed E-state index contributed by atoms with van der Waals surface area (Å²) >= 11 is 0. The second-order valence-electron chi connectivity index (χ2n) is 11.1. The van der Waals surface area contributed by atoms with Gasteiger partial charge in [-0.15, -0.1) is 0 Å². The second-order valence-corrected chi connectivity index (χ2v) is 11.1. The van der Waals surface area contributed by atoms with E-state index in [2.05, 4.69) is 22.4 Å². The number of carbonyl (C=O) groups is 3. The van der Waals surface area contributed by atoms with Gasteiger partial charge in [0.2, 0.25) is 11.7 Å². The van der Waals surface area contributed by atoms with Crippen LogP contribution in [0, 0.1) is 11.3 Å². The average molecular weight is 591 g/mol. The minimum Gasteiger partial charge on any atom is -0.493 e. The summed E-state index contributed by atoms with van der Waals surface area (Å²) in [6, 6.07) is 11.5. The summed E-state index contributed by atoms with van der Waals surface area (Å²) in [5, 5.41) is 12.9. The smallest absolute Gasteiger partial charge is 0.255 e. The van der Waals surface area contributed by atoms with E-state index >= 15 is 0 Å². The van der Waals surface area contributed by atoms with E-state index in [4.69, 9.17) is 14.2 Å². The highest BCUT2D eigenvalue weighted by Gasteiger charge is 2.40. The van der Waals surface area contributed by atoms with Crippen molar-refractivity contribution in [1.29, 1.82) is 5.26 Å². The van der Waals surface area contributed by atoms with Gasteiger partial charge in [0.15, 0.2) is 11.5 Å². The third kappa shape index (κ3) is 6.47. The molecular weight excluding hydrogens is 548 g/mol. The number of nitrogens with zero attached hydrogens (tertiary/aromatic N) is 3. The summed E-state index contributed by atoms with van der Waals surface area (Å²) in [4.78, 5) is 40.7. The van der Waals surface area contributed by atoms with Gasteiger partial charge in [0, 0.05) is 31.1 Å². The SMILES string of the molecule is CNC(=O)C(CCC=O)N1Cc2c(CCCCN3CCC(C#N)(c4ccc(OC)c(OC)c4OC)CC3)cccc2C1=O. The summed E-state index contributed by atoms with van der Waals surface area (Å²) in [5.41, 5.74) is 2.92. The minimum absolute atomic E-state index is 0.156. The van der Waals surface area contributed by atoms with Gasteiger partial charge in [-0.3, -0.25) is 9.59 Å². The standard InChI is InChI=1S/C33H42N4O6/c1-35-31(39)27(12-8-20-38)37-21-25-23(10-7-11-24(25)32(37)40)9-5-6-17-36-18-15-33(22-34,16-19-36)26-13-14-28(41-2)30(43-4)29(26)42-3/h7,10-11,13-14,20,27H,5-6,8-9,12,15-19,21H2,1-4H3,(H,35,39). The molecule has 43 heavy (non-hydrogen) atoms. The molecule has 230 valence electrons. The van der Waals surface area contributed by atoms with Crippen molar-refractivity contribution in [2.45, 2.75) is 62.9 Å². The molecule has 0 saturated carbocycles. The van der Waals surface area contributed by atoms with Gasteiger partial charge < -0.3 is 34.1 Å². The number of fused-ring (bicyclic) bond motifs is 1. The molecule has 0 radical (unpaired) electrons. The van der Waals surface area contributed by atoms with E-state index in [1.165, 1.54) is 0 Å². The lowest BCUT2D eigenvalue weighted by molar-refractivity contribution is -0.125. The van der Waals surface area contributed by atoms with E-state index in [0.717, 1.165) is 61.9 Å². The van der Waals surface area contributed by atoms with Crippen LogP contribution in [-0.4, -0.2) is 82.0 Å². The number of benzene rings is 2. The Labute approximate surface area is 253 Å².